The Morgan fingerprint density at radius 2 is 2.09 bits per heavy atom. The van der Waals surface area contributed by atoms with Gasteiger partial charge in [0.2, 0.25) is 0 Å². The van der Waals surface area contributed by atoms with Crippen molar-refractivity contribution in [2.75, 3.05) is 11.2 Å². The molecule has 0 bridgehead atoms. The summed E-state index contributed by atoms with van der Waals surface area (Å²) in [4.78, 5) is 5.30. The van der Waals surface area contributed by atoms with Crippen LogP contribution in [-0.4, -0.2) is 42.2 Å². The monoisotopic (exact) mass is 366 g/mol. The molecule has 5 nitrogen and oxygen atoms in total. The quantitative estimate of drug-likeness (QED) is 0.826. The van der Waals surface area contributed by atoms with Crippen molar-refractivity contribution in [3.05, 3.63) is 23.8 Å². The van der Waals surface area contributed by atoms with E-state index in [1.807, 2.05) is 6.92 Å². The highest BCUT2D eigenvalue weighted by atomic mass is 32.2. The van der Waals surface area contributed by atoms with Crippen molar-refractivity contribution in [3.63, 3.8) is 0 Å². The van der Waals surface area contributed by atoms with Crippen LogP contribution in [0.2, 0.25) is 0 Å². The van der Waals surface area contributed by atoms with Gasteiger partial charge in [-0.2, -0.15) is 13.2 Å². The fourth-order valence-electron chi connectivity index (χ4n) is 2.57. The summed E-state index contributed by atoms with van der Waals surface area (Å²) in [6, 6.07) is 5.13. The minimum atomic E-state index is -5.06. The van der Waals surface area contributed by atoms with Crippen LogP contribution < -0.4 is 4.90 Å². The zero-order valence-electron chi connectivity index (χ0n) is 12.1. The maximum absolute atomic E-state index is 13.2. The molecule has 126 valence electrons. The summed E-state index contributed by atoms with van der Waals surface area (Å²) in [6.45, 7) is 1.82. The number of sulfone groups is 1. The zero-order chi connectivity index (χ0) is 17.2. The fourth-order valence-corrected chi connectivity index (χ4v) is 5.00. The van der Waals surface area contributed by atoms with E-state index >= 15 is 0 Å². The Morgan fingerprint density at radius 3 is 2.65 bits per heavy atom. The Kier molecular flexibility index (Phi) is 3.51. The van der Waals surface area contributed by atoms with Crippen molar-refractivity contribution >= 4 is 32.5 Å². The van der Waals surface area contributed by atoms with Gasteiger partial charge in [0.05, 0.1) is 5.69 Å². The predicted molar refractivity (Wildman–Crippen MR) is 81.2 cm³/mol. The molecule has 0 radical (unpaired) electrons. The molecule has 2 unspecified atom stereocenters. The number of hydrogen-bond donors (Lipinski definition) is 1. The molecule has 3 rings (SSSR count). The Balaban J connectivity index is 2.20. The third-order valence-corrected chi connectivity index (χ3v) is 6.14. The summed E-state index contributed by atoms with van der Waals surface area (Å²) in [7, 11) is -3.89. The minimum absolute atomic E-state index is 0.160. The second-order valence-electron chi connectivity index (χ2n) is 5.64. The van der Waals surface area contributed by atoms with Crippen LogP contribution in [0.5, 0.6) is 0 Å². The maximum Gasteiger partial charge on any atom is 0.438 e. The largest absolute Gasteiger partial charge is 0.438 e. The SMILES string of the molecule is Cc1ccc2c(c1)SC1=NC(O)(C(F)(F)F)CC(S(C)(=O)=O)N12. The smallest absolute Gasteiger partial charge is 0.362 e. The third-order valence-electron chi connectivity index (χ3n) is 3.76. The molecule has 1 aromatic carbocycles. The van der Waals surface area contributed by atoms with E-state index in [4.69, 9.17) is 0 Å². The van der Waals surface area contributed by atoms with Gasteiger partial charge in [0, 0.05) is 17.6 Å². The number of aryl methyl sites for hydroxylation is 1. The van der Waals surface area contributed by atoms with Crippen molar-refractivity contribution in [3.8, 4) is 0 Å². The highest BCUT2D eigenvalue weighted by Crippen LogP contribution is 2.49. The first-order valence-corrected chi connectivity index (χ1v) is 9.35. The van der Waals surface area contributed by atoms with Crippen LogP contribution in [0.25, 0.3) is 0 Å². The molecular weight excluding hydrogens is 353 g/mol. The Bertz CT molecular complexity index is 807. The van der Waals surface area contributed by atoms with E-state index in [9.17, 15) is 26.7 Å². The van der Waals surface area contributed by atoms with Gasteiger partial charge >= 0.3 is 6.18 Å². The van der Waals surface area contributed by atoms with Crippen LogP contribution in [0.3, 0.4) is 0 Å². The number of aliphatic imine (C=N–C) groups is 1. The number of amidine groups is 1. The van der Waals surface area contributed by atoms with Crippen LogP contribution in [-0.2, 0) is 9.84 Å². The number of hydrogen-bond acceptors (Lipinski definition) is 6. The summed E-state index contributed by atoms with van der Waals surface area (Å²) in [6.07, 6.45) is -5.26. The van der Waals surface area contributed by atoms with E-state index in [0.717, 1.165) is 23.6 Å². The summed E-state index contributed by atoms with van der Waals surface area (Å²) in [5.74, 6) is 0. The van der Waals surface area contributed by atoms with E-state index in [1.54, 1.807) is 18.2 Å². The molecule has 0 aliphatic carbocycles. The molecule has 2 heterocycles. The lowest BCUT2D eigenvalue weighted by molar-refractivity contribution is -0.259. The number of anilines is 1. The summed E-state index contributed by atoms with van der Waals surface area (Å²) in [5, 5.41) is 8.22. The van der Waals surface area contributed by atoms with Gasteiger partial charge in [0.15, 0.2) is 15.0 Å². The van der Waals surface area contributed by atoms with Crippen molar-refractivity contribution < 1.29 is 26.7 Å². The molecule has 1 N–H and O–H groups in total. The number of rotatable bonds is 1. The van der Waals surface area contributed by atoms with Gasteiger partial charge in [0.1, 0.15) is 5.37 Å². The van der Waals surface area contributed by atoms with Gasteiger partial charge in [-0.3, -0.25) is 0 Å². The van der Waals surface area contributed by atoms with E-state index in [0.29, 0.717) is 10.6 Å². The standard InChI is InChI=1S/C13H13F3N2O3S2/c1-7-3-4-8-9(5-7)22-11-17-12(19,13(14,15)16)6-10(18(8)11)23(2,20)21/h3-5,10,19H,6H2,1-2H3. The van der Waals surface area contributed by atoms with Gasteiger partial charge < -0.3 is 10.0 Å². The topological polar surface area (TPSA) is 70.0 Å². The average molecular weight is 366 g/mol. The first-order valence-electron chi connectivity index (χ1n) is 6.58. The molecule has 1 aromatic rings. The van der Waals surface area contributed by atoms with Crippen LogP contribution in [0.15, 0.2) is 28.1 Å². The first kappa shape index (κ1) is 16.6. The van der Waals surface area contributed by atoms with Gasteiger partial charge in [-0.05, 0) is 36.4 Å². The number of nitrogens with zero attached hydrogens (tertiary/aromatic N) is 2. The molecule has 2 aliphatic rings. The number of aliphatic hydroxyl groups is 1. The van der Waals surface area contributed by atoms with Crippen molar-refractivity contribution in [1.82, 2.24) is 0 Å². The van der Waals surface area contributed by atoms with E-state index in [1.165, 1.54) is 4.90 Å². The Labute approximate surface area is 135 Å². The highest BCUT2D eigenvalue weighted by molar-refractivity contribution is 8.15. The lowest BCUT2D eigenvalue weighted by atomic mass is 10.1. The van der Waals surface area contributed by atoms with Crippen molar-refractivity contribution in [2.45, 2.75) is 35.5 Å². The van der Waals surface area contributed by atoms with E-state index < -0.39 is 33.5 Å². The van der Waals surface area contributed by atoms with Gasteiger partial charge in [-0.15, -0.1) is 0 Å². The van der Waals surface area contributed by atoms with Crippen LogP contribution >= 0.6 is 11.8 Å². The molecule has 23 heavy (non-hydrogen) atoms. The number of fused-ring (bicyclic) bond motifs is 3. The molecular formula is C13H13F3N2O3S2. The molecule has 2 aliphatic heterocycles. The molecule has 2 atom stereocenters. The number of thioether (sulfide) groups is 1. The number of halogens is 3. The summed E-state index contributed by atoms with van der Waals surface area (Å²) < 4.78 is 63.5. The lowest BCUT2D eigenvalue weighted by Crippen LogP contribution is -2.57. The van der Waals surface area contributed by atoms with E-state index in [-0.39, 0.29) is 5.17 Å². The summed E-state index contributed by atoms with van der Waals surface area (Å²) in [5.41, 5.74) is -2.03. The number of alkyl halides is 3. The number of benzene rings is 1. The molecule has 0 saturated carbocycles. The van der Waals surface area contributed by atoms with Gasteiger partial charge in [-0.1, -0.05) is 6.07 Å². The van der Waals surface area contributed by atoms with Crippen LogP contribution in [0.1, 0.15) is 12.0 Å². The summed E-state index contributed by atoms with van der Waals surface area (Å²) >= 11 is 0.924. The zero-order valence-corrected chi connectivity index (χ0v) is 13.8. The lowest BCUT2D eigenvalue weighted by Gasteiger charge is -2.39. The molecule has 0 saturated heterocycles. The molecule has 0 fully saturated rings. The second-order valence-corrected chi connectivity index (χ2v) is 8.85. The molecule has 0 amide bonds. The Morgan fingerprint density at radius 1 is 1.43 bits per heavy atom. The molecule has 0 spiro atoms. The van der Waals surface area contributed by atoms with Crippen LogP contribution in [0.4, 0.5) is 18.9 Å². The highest BCUT2D eigenvalue weighted by Gasteiger charge is 2.60. The second kappa shape index (κ2) is 4.87. The fraction of sp³-hybridized carbons (Fsp3) is 0.462. The normalized spacial score (nSPS) is 27.5. The van der Waals surface area contributed by atoms with Crippen LogP contribution in [0, 0.1) is 6.92 Å². The van der Waals surface area contributed by atoms with Crippen molar-refractivity contribution in [1.29, 1.82) is 0 Å². The average Bonchev–Trinajstić information content (AvgIpc) is 2.71. The molecule has 10 heteroatoms. The molecule has 0 aromatic heterocycles. The van der Waals surface area contributed by atoms with E-state index in [2.05, 4.69) is 4.99 Å². The Hall–Kier alpha value is -1.26. The van der Waals surface area contributed by atoms with Crippen molar-refractivity contribution in [2.24, 2.45) is 4.99 Å². The predicted octanol–water partition coefficient (Wildman–Crippen LogP) is 2.29. The third kappa shape index (κ3) is 2.62. The minimum Gasteiger partial charge on any atom is -0.362 e. The van der Waals surface area contributed by atoms with Gasteiger partial charge in [-0.25, -0.2) is 13.4 Å². The van der Waals surface area contributed by atoms with Gasteiger partial charge in [0.25, 0.3) is 5.72 Å². The maximum atomic E-state index is 13.2. The first-order chi connectivity index (χ1) is 10.4.